The van der Waals surface area contributed by atoms with Gasteiger partial charge in [0.05, 0.1) is 42.2 Å². The lowest BCUT2D eigenvalue weighted by Gasteiger charge is -2.28. The fourth-order valence-corrected chi connectivity index (χ4v) is 4.43. The van der Waals surface area contributed by atoms with Crippen molar-refractivity contribution in [2.24, 2.45) is 0 Å². The van der Waals surface area contributed by atoms with Gasteiger partial charge in [0.1, 0.15) is 5.65 Å². The molecule has 6 nitrogen and oxygen atoms in total. The summed E-state index contributed by atoms with van der Waals surface area (Å²) < 4.78 is 45.7. The van der Waals surface area contributed by atoms with E-state index in [0.717, 1.165) is 47.0 Å². The third kappa shape index (κ3) is 4.41. The Morgan fingerprint density at radius 1 is 1.12 bits per heavy atom. The lowest BCUT2D eigenvalue weighted by atomic mass is 10.1. The van der Waals surface area contributed by atoms with Crippen molar-refractivity contribution in [1.82, 2.24) is 14.5 Å². The van der Waals surface area contributed by atoms with Gasteiger partial charge in [0, 0.05) is 42.5 Å². The Morgan fingerprint density at radius 2 is 1.91 bits per heavy atom. The van der Waals surface area contributed by atoms with Gasteiger partial charge < -0.3 is 19.2 Å². The molecule has 0 atom stereocenters. The lowest BCUT2D eigenvalue weighted by Crippen LogP contribution is -2.36. The van der Waals surface area contributed by atoms with Crippen LogP contribution in [-0.2, 0) is 17.5 Å². The van der Waals surface area contributed by atoms with Crippen LogP contribution < -0.4 is 10.5 Å². The number of morpholine rings is 1. The summed E-state index contributed by atoms with van der Waals surface area (Å²) in [7, 11) is 0. The summed E-state index contributed by atoms with van der Waals surface area (Å²) in [5.74, 6) is 0. The van der Waals surface area contributed by atoms with Gasteiger partial charge >= 0.3 is 6.18 Å². The van der Waals surface area contributed by atoms with Gasteiger partial charge in [-0.15, -0.1) is 0 Å². The first-order valence-electron chi connectivity index (χ1n) is 10.7. The number of H-pyrrole nitrogens is 1. The van der Waals surface area contributed by atoms with E-state index in [0.29, 0.717) is 18.8 Å². The molecule has 0 saturated carbocycles. The molecule has 1 N–H and O–H groups in total. The van der Waals surface area contributed by atoms with Crippen molar-refractivity contribution in [3.63, 3.8) is 0 Å². The van der Waals surface area contributed by atoms with Gasteiger partial charge in [0.15, 0.2) is 0 Å². The van der Waals surface area contributed by atoms with Crippen LogP contribution in [0.25, 0.3) is 22.2 Å². The van der Waals surface area contributed by atoms with E-state index in [9.17, 15) is 18.0 Å². The van der Waals surface area contributed by atoms with E-state index < -0.39 is 16.8 Å². The first-order valence-corrected chi connectivity index (χ1v) is 11.0. The molecule has 10 heteroatoms. The Labute approximate surface area is 197 Å². The Balaban J connectivity index is 1.43. The number of benzene rings is 1. The number of nitrogens with zero attached hydrogens (tertiary/aromatic N) is 3. The van der Waals surface area contributed by atoms with Crippen LogP contribution in [0.5, 0.6) is 0 Å². The van der Waals surface area contributed by atoms with Gasteiger partial charge in [-0.1, -0.05) is 17.7 Å². The number of hydrogen-bond acceptors (Lipinski definition) is 4. The number of hydrogen-bond donors (Lipinski definition) is 1. The standard InChI is InChI=1S/C24H20ClF3N4O2/c25-21-9-15(1-2-20(21)24(26,27)28)14-32-4-3-16(10-22(32)33)19-13-30-23-18(19)11-17(12-29-23)31-5-7-34-8-6-31/h1-4,9-13H,5-8,14H2,(H,29,30). The molecular formula is C24H20ClF3N4O2. The highest BCUT2D eigenvalue weighted by molar-refractivity contribution is 6.31. The Hall–Kier alpha value is -3.30. The van der Waals surface area contributed by atoms with Crippen molar-refractivity contribution >= 4 is 28.3 Å². The number of nitrogens with one attached hydrogen (secondary N) is 1. The van der Waals surface area contributed by atoms with E-state index in [-0.39, 0.29) is 12.1 Å². The first kappa shape index (κ1) is 22.5. The summed E-state index contributed by atoms with van der Waals surface area (Å²) in [5.41, 5.74) is 2.60. The van der Waals surface area contributed by atoms with E-state index >= 15 is 0 Å². The van der Waals surface area contributed by atoms with Crippen molar-refractivity contribution in [3.05, 3.63) is 81.5 Å². The van der Waals surface area contributed by atoms with Gasteiger partial charge in [0.2, 0.25) is 0 Å². The molecule has 1 aliphatic heterocycles. The van der Waals surface area contributed by atoms with Gasteiger partial charge in [-0.3, -0.25) is 4.79 Å². The zero-order valence-electron chi connectivity index (χ0n) is 17.9. The first-order chi connectivity index (χ1) is 16.3. The Kier molecular flexibility index (Phi) is 5.83. The van der Waals surface area contributed by atoms with Crippen molar-refractivity contribution < 1.29 is 17.9 Å². The molecule has 0 amide bonds. The van der Waals surface area contributed by atoms with Crippen LogP contribution in [0.2, 0.25) is 5.02 Å². The summed E-state index contributed by atoms with van der Waals surface area (Å²) >= 11 is 5.81. The minimum absolute atomic E-state index is 0.105. The average molecular weight is 489 g/mol. The average Bonchev–Trinajstić information content (AvgIpc) is 3.23. The van der Waals surface area contributed by atoms with Gasteiger partial charge in [-0.25, -0.2) is 4.98 Å². The minimum atomic E-state index is -4.52. The molecule has 0 aliphatic carbocycles. The third-order valence-corrected chi connectivity index (χ3v) is 6.20. The van der Waals surface area contributed by atoms with Crippen LogP contribution in [0.4, 0.5) is 18.9 Å². The summed E-state index contributed by atoms with van der Waals surface area (Å²) in [5, 5.41) is 0.507. The number of fused-ring (bicyclic) bond motifs is 1. The fourth-order valence-electron chi connectivity index (χ4n) is 4.12. The van der Waals surface area contributed by atoms with Crippen LogP contribution in [0.1, 0.15) is 11.1 Å². The number of rotatable bonds is 4. The molecule has 1 fully saturated rings. The summed E-state index contributed by atoms with van der Waals surface area (Å²) in [4.78, 5) is 22.7. The highest BCUT2D eigenvalue weighted by atomic mass is 35.5. The number of pyridine rings is 2. The van der Waals surface area contributed by atoms with Crippen LogP contribution in [0, 0.1) is 0 Å². The Morgan fingerprint density at radius 3 is 2.62 bits per heavy atom. The van der Waals surface area contributed by atoms with Crippen LogP contribution in [-0.4, -0.2) is 40.8 Å². The molecule has 1 aliphatic rings. The number of halogens is 4. The van der Waals surface area contributed by atoms with Crippen molar-refractivity contribution in [2.45, 2.75) is 12.7 Å². The molecule has 5 rings (SSSR count). The second kappa shape index (κ2) is 8.81. The zero-order chi connectivity index (χ0) is 23.9. The molecule has 176 valence electrons. The predicted octanol–water partition coefficient (Wildman–Crippen LogP) is 4.95. The topological polar surface area (TPSA) is 63.1 Å². The van der Waals surface area contributed by atoms with E-state index in [1.807, 2.05) is 12.4 Å². The van der Waals surface area contributed by atoms with E-state index in [1.54, 1.807) is 12.3 Å². The van der Waals surface area contributed by atoms with Crippen molar-refractivity contribution in [1.29, 1.82) is 0 Å². The number of anilines is 1. The van der Waals surface area contributed by atoms with Crippen LogP contribution in [0.3, 0.4) is 0 Å². The second-order valence-electron chi connectivity index (χ2n) is 8.08. The molecule has 0 spiro atoms. The van der Waals surface area contributed by atoms with E-state index in [4.69, 9.17) is 16.3 Å². The van der Waals surface area contributed by atoms with Gasteiger partial charge in [0.25, 0.3) is 5.56 Å². The summed E-state index contributed by atoms with van der Waals surface area (Å²) in [6.45, 7) is 3.02. The number of alkyl halides is 3. The largest absolute Gasteiger partial charge is 0.417 e. The molecule has 0 bridgehead atoms. The number of aromatic nitrogens is 3. The molecule has 3 aromatic heterocycles. The van der Waals surface area contributed by atoms with Gasteiger partial charge in [-0.2, -0.15) is 13.2 Å². The molecule has 4 heterocycles. The minimum Gasteiger partial charge on any atom is -0.378 e. The zero-order valence-corrected chi connectivity index (χ0v) is 18.7. The SMILES string of the molecule is O=c1cc(-c2c[nH]c3ncc(N4CCOCC4)cc23)ccn1Cc1ccc(C(F)(F)F)c(Cl)c1. The molecular weight excluding hydrogens is 469 g/mol. The van der Waals surface area contributed by atoms with Crippen LogP contribution >= 0.6 is 11.6 Å². The summed E-state index contributed by atoms with van der Waals surface area (Å²) in [6, 6.07) is 8.86. The maximum absolute atomic E-state index is 12.9. The molecule has 0 radical (unpaired) electrons. The van der Waals surface area contributed by atoms with E-state index in [2.05, 4.69) is 20.9 Å². The third-order valence-electron chi connectivity index (χ3n) is 5.89. The lowest BCUT2D eigenvalue weighted by molar-refractivity contribution is -0.137. The van der Waals surface area contributed by atoms with Crippen LogP contribution in [0.15, 0.2) is 59.8 Å². The monoisotopic (exact) mass is 488 g/mol. The quantitative estimate of drug-likeness (QED) is 0.441. The molecule has 34 heavy (non-hydrogen) atoms. The highest BCUT2D eigenvalue weighted by Crippen LogP contribution is 2.35. The number of ether oxygens (including phenoxy) is 1. The smallest absolute Gasteiger partial charge is 0.378 e. The van der Waals surface area contributed by atoms with E-state index in [1.165, 1.54) is 22.8 Å². The summed E-state index contributed by atoms with van der Waals surface area (Å²) in [6.07, 6.45) is 0.738. The molecule has 1 aromatic carbocycles. The Bertz CT molecular complexity index is 1410. The number of aromatic amines is 1. The molecule has 0 unspecified atom stereocenters. The van der Waals surface area contributed by atoms with Crippen molar-refractivity contribution in [2.75, 3.05) is 31.2 Å². The maximum Gasteiger partial charge on any atom is 0.417 e. The van der Waals surface area contributed by atoms with Crippen molar-refractivity contribution in [3.8, 4) is 11.1 Å². The van der Waals surface area contributed by atoms with Gasteiger partial charge in [-0.05, 0) is 35.4 Å². The predicted molar refractivity (Wildman–Crippen MR) is 124 cm³/mol. The molecule has 1 saturated heterocycles. The fraction of sp³-hybridized carbons (Fsp3) is 0.250. The maximum atomic E-state index is 12.9. The normalized spacial score (nSPS) is 14.6. The highest BCUT2D eigenvalue weighted by Gasteiger charge is 2.33. The molecule has 4 aromatic rings. The second-order valence-corrected chi connectivity index (χ2v) is 8.49.